The molecule has 0 saturated heterocycles. The van der Waals surface area contributed by atoms with Crippen LogP contribution in [0.15, 0.2) is 24.3 Å². The minimum Gasteiger partial charge on any atom is -0.493 e. The number of carbonyl (C=O) groups is 2. The van der Waals surface area contributed by atoms with E-state index in [1.54, 1.807) is 24.1 Å². The van der Waals surface area contributed by atoms with E-state index in [4.69, 9.17) is 14.6 Å². The van der Waals surface area contributed by atoms with E-state index in [9.17, 15) is 9.59 Å². The average Bonchev–Trinajstić information content (AvgIpc) is 3.51. The summed E-state index contributed by atoms with van der Waals surface area (Å²) in [5.74, 6) is 0.954. The zero-order chi connectivity index (χ0) is 19.5. The summed E-state index contributed by atoms with van der Waals surface area (Å²) in [5.41, 5.74) is 0. The second-order valence-corrected chi connectivity index (χ2v) is 6.64. The summed E-state index contributed by atoms with van der Waals surface area (Å²) in [6.07, 6.45) is 4.74. The molecular formula is C20H30N2O5. The minimum atomic E-state index is -0.112. The van der Waals surface area contributed by atoms with Crippen molar-refractivity contribution in [2.24, 2.45) is 0 Å². The number of ether oxygens (including phenoxy) is 2. The van der Waals surface area contributed by atoms with Gasteiger partial charge in [-0.15, -0.1) is 0 Å². The Morgan fingerprint density at radius 3 is 2.59 bits per heavy atom. The van der Waals surface area contributed by atoms with Crippen molar-refractivity contribution in [2.45, 2.75) is 44.6 Å². The molecule has 1 aliphatic carbocycles. The Labute approximate surface area is 160 Å². The molecule has 0 radical (unpaired) electrons. The first-order valence-electron chi connectivity index (χ1n) is 9.58. The van der Waals surface area contributed by atoms with Gasteiger partial charge in [0.1, 0.15) is 0 Å². The van der Waals surface area contributed by atoms with E-state index in [0.717, 1.165) is 32.1 Å². The molecule has 1 aliphatic rings. The molecule has 7 heteroatoms. The van der Waals surface area contributed by atoms with Gasteiger partial charge in [-0.3, -0.25) is 9.59 Å². The quantitative estimate of drug-likeness (QED) is 0.511. The first kappa shape index (κ1) is 21.0. The van der Waals surface area contributed by atoms with Crippen molar-refractivity contribution >= 4 is 11.8 Å². The van der Waals surface area contributed by atoms with E-state index in [1.165, 1.54) is 0 Å². The Bertz CT molecular complexity index is 604. The standard InChI is InChI=1S/C20H30N2O5/c1-26-17-7-3-4-8-18(17)27-15-20(25)22(16-9-10-16)13-11-19(24)21-12-5-2-6-14-23/h3-4,7-8,16,23H,2,5-6,9-15H2,1H3,(H,21,24). The van der Waals surface area contributed by atoms with Gasteiger partial charge >= 0.3 is 0 Å². The summed E-state index contributed by atoms with van der Waals surface area (Å²) >= 11 is 0. The highest BCUT2D eigenvalue weighted by Crippen LogP contribution is 2.28. The molecule has 0 unspecified atom stereocenters. The zero-order valence-corrected chi connectivity index (χ0v) is 16.0. The molecule has 1 aromatic carbocycles. The smallest absolute Gasteiger partial charge is 0.260 e. The lowest BCUT2D eigenvalue weighted by atomic mass is 10.2. The Morgan fingerprint density at radius 2 is 1.93 bits per heavy atom. The molecule has 27 heavy (non-hydrogen) atoms. The van der Waals surface area contributed by atoms with E-state index >= 15 is 0 Å². The van der Waals surface area contributed by atoms with Crippen molar-refractivity contribution in [3.8, 4) is 11.5 Å². The van der Waals surface area contributed by atoms with Gasteiger partial charge in [-0.05, 0) is 44.2 Å². The molecule has 0 atom stereocenters. The Balaban J connectivity index is 1.74. The topological polar surface area (TPSA) is 88.1 Å². The van der Waals surface area contributed by atoms with Gasteiger partial charge in [-0.2, -0.15) is 0 Å². The summed E-state index contributed by atoms with van der Waals surface area (Å²) < 4.78 is 10.8. The number of amides is 2. The molecule has 0 bridgehead atoms. The molecule has 1 saturated carbocycles. The van der Waals surface area contributed by atoms with Crippen LogP contribution in [0.4, 0.5) is 0 Å². The van der Waals surface area contributed by atoms with E-state index in [-0.39, 0.29) is 37.5 Å². The number of nitrogens with zero attached hydrogens (tertiary/aromatic N) is 1. The van der Waals surface area contributed by atoms with Crippen LogP contribution in [-0.2, 0) is 9.59 Å². The van der Waals surface area contributed by atoms with Gasteiger partial charge in [0.05, 0.1) is 7.11 Å². The summed E-state index contributed by atoms with van der Waals surface area (Å²) in [4.78, 5) is 26.3. The van der Waals surface area contributed by atoms with E-state index < -0.39 is 0 Å². The van der Waals surface area contributed by atoms with E-state index in [2.05, 4.69) is 5.32 Å². The maximum absolute atomic E-state index is 12.5. The molecule has 1 aromatic rings. The normalized spacial score (nSPS) is 13.1. The minimum absolute atomic E-state index is 0.0527. The monoisotopic (exact) mass is 378 g/mol. The lowest BCUT2D eigenvalue weighted by molar-refractivity contribution is -0.134. The number of carbonyl (C=O) groups excluding carboxylic acids is 2. The summed E-state index contributed by atoms with van der Waals surface area (Å²) in [5, 5.41) is 11.6. The first-order valence-corrected chi connectivity index (χ1v) is 9.58. The Kier molecular flexibility index (Phi) is 8.91. The van der Waals surface area contributed by atoms with Gasteiger partial charge in [-0.1, -0.05) is 12.1 Å². The van der Waals surface area contributed by atoms with Crippen LogP contribution in [0, 0.1) is 0 Å². The summed E-state index contributed by atoms with van der Waals surface area (Å²) in [6.45, 7) is 1.12. The molecule has 0 spiro atoms. The van der Waals surface area contributed by atoms with Crippen LogP contribution in [0.5, 0.6) is 11.5 Å². The van der Waals surface area contributed by atoms with Crippen molar-refractivity contribution in [1.29, 1.82) is 0 Å². The van der Waals surface area contributed by atoms with Crippen molar-refractivity contribution in [3.05, 3.63) is 24.3 Å². The molecule has 0 heterocycles. The van der Waals surface area contributed by atoms with E-state index in [0.29, 0.717) is 24.6 Å². The molecule has 150 valence electrons. The van der Waals surface area contributed by atoms with Gasteiger partial charge < -0.3 is 24.8 Å². The Morgan fingerprint density at radius 1 is 1.19 bits per heavy atom. The highest BCUT2D eigenvalue weighted by atomic mass is 16.5. The van der Waals surface area contributed by atoms with Gasteiger partial charge in [0.15, 0.2) is 18.1 Å². The number of benzene rings is 1. The molecule has 1 fully saturated rings. The number of aliphatic hydroxyl groups excluding tert-OH is 1. The number of para-hydroxylation sites is 2. The van der Waals surface area contributed by atoms with Gasteiger partial charge in [-0.25, -0.2) is 0 Å². The number of aliphatic hydroxyl groups is 1. The van der Waals surface area contributed by atoms with Crippen LogP contribution in [0.1, 0.15) is 38.5 Å². The van der Waals surface area contributed by atoms with Gasteiger partial charge in [0.25, 0.3) is 5.91 Å². The molecule has 0 aliphatic heterocycles. The van der Waals surface area contributed by atoms with Crippen LogP contribution in [0.3, 0.4) is 0 Å². The third-order valence-corrected chi connectivity index (χ3v) is 4.47. The summed E-state index contributed by atoms with van der Waals surface area (Å²) in [6, 6.07) is 7.43. The van der Waals surface area contributed by atoms with Gasteiger partial charge in [0.2, 0.25) is 5.91 Å². The lowest BCUT2D eigenvalue weighted by Crippen LogP contribution is -2.39. The van der Waals surface area contributed by atoms with Gasteiger partial charge in [0, 0.05) is 32.2 Å². The largest absolute Gasteiger partial charge is 0.493 e. The third kappa shape index (κ3) is 7.46. The number of rotatable bonds is 13. The maximum Gasteiger partial charge on any atom is 0.260 e. The van der Waals surface area contributed by atoms with Crippen molar-refractivity contribution in [3.63, 3.8) is 0 Å². The van der Waals surface area contributed by atoms with Crippen molar-refractivity contribution in [2.75, 3.05) is 33.4 Å². The van der Waals surface area contributed by atoms with Crippen LogP contribution in [0.25, 0.3) is 0 Å². The second kappa shape index (κ2) is 11.4. The molecule has 2 N–H and O–H groups in total. The van der Waals surface area contributed by atoms with Crippen LogP contribution < -0.4 is 14.8 Å². The van der Waals surface area contributed by atoms with Crippen LogP contribution in [0.2, 0.25) is 0 Å². The molecule has 2 amide bonds. The maximum atomic E-state index is 12.5. The SMILES string of the molecule is COc1ccccc1OCC(=O)N(CCC(=O)NCCCCCO)C1CC1. The number of hydrogen-bond donors (Lipinski definition) is 2. The number of hydrogen-bond acceptors (Lipinski definition) is 5. The first-order chi connectivity index (χ1) is 13.2. The second-order valence-electron chi connectivity index (χ2n) is 6.64. The Hall–Kier alpha value is -2.28. The van der Waals surface area contributed by atoms with Crippen LogP contribution in [-0.4, -0.2) is 61.3 Å². The fourth-order valence-electron chi connectivity index (χ4n) is 2.81. The zero-order valence-electron chi connectivity index (χ0n) is 16.0. The highest BCUT2D eigenvalue weighted by Gasteiger charge is 2.32. The molecule has 2 rings (SSSR count). The van der Waals surface area contributed by atoms with Crippen molar-refractivity contribution < 1.29 is 24.2 Å². The lowest BCUT2D eigenvalue weighted by Gasteiger charge is -2.22. The molecule has 0 aromatic heterocycles. The predicted octanol–water partition coefficient (Wildman–Crippen LogP) is 1.73. The molecule has 7 nitrogen and oxygen atoms in total. The fourth-order valence-corrected chi connectivity index (χ4v) is 2.81. The predicted molar refractivity (Wildman–Crippen MR) is 102 cm³/mol. The third-order valence-electron chi connectivity index (χ3n) is 4.47. The van der Waals surface area contributed by atoms with Crippen LogP contribution >= 0.6 is 0 Å². The van der Waals surface area contributed by atoms with E-state index in [1.807, 2.05) is 12.1 Å². The van der Waals surface area contributed by atoms with Crippen molar-refractivity contribution in [1.82, 2.24) is 10.2 Å². The number of methoxy groups -OCH3 is 1. The summed E-state index contributed by atoms with van der Waals surface area (Å²) in [7, 11) is 1.56. The average molecular weight is 378 g/mol. The highest BCUT2D eigenvalue weighted by molar-refractivity contribution is 5.80. The number of nitrogens with one attached hydrogen (secondary N) is 1. The molecular weight excluding hydrogens is 348 g/mol. The fraction of sp³-hybridized carbons (Fsp3) is 0.600. The number of unbranched alkanes of at least 4 members (excludes halogenated alkanes) is 2.